The molecule has 0 saturated heterocycles. The minimum atomic E-state index is 0.485. The van der Waals surface area contributed by atoms with Gasteiger partial charge >= 0.3 is 0 Å². The van der Waals surface area contributed by atoms with Crippen LogP contribution in [0.15, 0.2) is 9.85 Å². The molecule has 10 heavy (non-hydrogen) atoms. The highest BCUT2D eigenvalue weighted by Crippen LogP contribution is 2.27. The van der Waals surface area contributed by atoms with Crippen LogP contribution in [0, 0.1) is 6.92 Å². The van der Waals surface area contributed by atoms with Gasteiger partial charge in [0.1, 0.15) is 6.61 Å². The zero-order valence-electron chi connectivity index (χ0n) is 5.56. The summed E-state index contributed by atoms with van der Waals surface area (Å²) >= 11 is 5.07. The molecule has 0 aliphatic carbocycles. The number of hydrogen-bond acceptors (Lipinski definition) is 3. The fraction of sp³-hybridized carbons (Fsp3) is 0.333. The average molecular weight is 222 g/mol. The first-order chi connectivity index (χ1) is 4.75. The minimum absolute atomic E-state index is 0.485. The Morgan fingerprint density at radius 3 is 2.90 bits per heavy atom. The van der Waals surface area contributed by atoms with Gasteiger partial charge in [-0.2, -0.15) is 0 Å². The molecule has 0 aliphatic rings. The summed E-state index contributed by atoms with van der Waals surface area (Å²) < 4.78 is 1.11. The summed E-state index contributed by atoms with van der Waals surface area (Å²) in [5.41, 5.74) is 1.23. The van der Waals surface area contributed by atoms with Crippen LogP contribution in [0.3, 0.4) is 0 Å². The lowest BCUT2D eigenvalue weighted by atomic mass is 10.3. The van der Waals surface area contributed by atoms with Crippen molar-refractivity contribution in [3.8, 4) is 0 Å². The van der Waals surface area contributed by atoms with Crippen LogP contribution in [0.25, 0.3) is 0 Å². The first-order valence-electron chi connectivity index (χ1n) is 2.80. The Labute approximate surface area is 72.1 Å². The average Bonchev–Trinajstić information content (AvgIpc) is 2.20. The molecule has 0 amide bonds. The predicted octanol–water partition coefficient (Wildman–Crippen LogP) is 2.21. The monoisotopic (exact) mass is 221 g/mol. The summed E-state index contributed by atoms with van der Waals surface area (Å²) in [5.74, 6) is 4.92. The van der Waals surface area contributed by atoms with E-state index in [9.17, 15) is 0 Å². The Morgan fingerprint density at radius 1 is 1.80 bits per heavy atom. The molecule has 2 N–H and O–H groups in total. The van der Waals surface area contributed by atoms with Crippen LogP contribution in [-0.4, -0.2) is 0 Å². The molecule has 0 radical (unpaired) electrons. The number of nitrogens with two attached hydrogens (primary N) is 1. The second-order valence-electron chi connectivity index (χ2n) is 1.97. The molecule has 1 aromatic rings. The molecule has 0 aliphatic heterocycles. The molecule has 1 rings (SSSR count). The lowest BCUT2D eigenvalue weighted by molar-refractivity contribution is 0.126. The Morgan fingerprint density at radius 2 is 2.50 bits per heavy atom. The quantitative estimate of drug-likeness (QED) is 0.778. The topological polar surface area (TPSA) is 35.2 Å². The zero-order chi connectivity index (χ0) is 7.56. The number of halogens is 1. The van der Waals surface area contributed by atoms with Crippen molar-refractivity contribution in [1.29, 1.82) is 0 Å². The minimum Gasteiger partial charge on any atom is -0.299 e. The molecule has 4 heteroatoms. The summed E-state index contributed by atoms with van der Waals surface area (Å²) in [5, 5.41) is 2.07. The van der Waals surface area contributed by atoms with Gasteiger partial charge in [0, 0.05) is 9.35 Å². The second kappa shape index (κ2) is 3.48. The fourth-order valence-electron chi connectivity index (χ4n) is 0.656. The van der Waals surface area contributed by atoms with E-state index in [0.29, 0.717) is 6.61 Å². The second-order valence-corrected chi connectivity index (χ2v) is 3.72. The van der Waals surface area contributed by atoms with Crippen molar-refractivity contribution in [1.82, 2.24) is 0 Å². The summed E-state index contributed by atoms with van der Waals surface area (Å²) in [6.07, 6.45) is 0. The highest BCUT2D eigenvalue weighted by molar-refractivity contribution is 9.10. The van der Waals surface area contributed by atoms with Crippen LogP contribution in [0.5, 0.6) is 0 Å². The van der Waals surface area contributed by atoms with E-state index in [1.807, 2.05) is 6.92 Å². The van der Waals surface area contributed by atoms with E-state index in [-0.39, 0.29) is 0 Å². The molecule has 1 aromatic heterocycles. The first-order valence-corrected chi connectivity index (χ1v) is 4.47. The molecule has 0 saturated carbocycles. The lowest BCUT2D eigenvalue weighted by Crippen LogP contribution is -1.97. The van der Waals surface area contributed by atoms with Gasteiger partial charge < -0.3 is 0 Å². The molecular weight excluding hydrogens is 214 g/mol. The smallest absolute Gasteiger partial charge is 0.103 e. The molecule has 0 aromatic carbocycles. The van der Waals surface area contributed by atoms with Crippen molar-refractivity contribution >= 4 is 27.3 Å². The molecule has 2 nitrogen and oxygen atoms in total. The third-order valence-electron chi connectivity index (χ3n) is 1.18. The van der Waals surface area contributed by atoms with E-state index in [0.717, 1.165) is 9.35 Å². The van der Waals surface area contributed by atoms with Gasteiger partial charge in [0.15, 0.2) is 0 Å². The fourth-order valence-corrected chi connectivity index (χ4v) is 2.15. The maximum atomic E-state index is 4.92. The summed E-state index contributed by atoms with van der Waals surface area (Å²) in [4.78, 5) is 5.64. The molecule has 0 spiro atoms. The molecule has 56 valence electrons. The predicted molar refractivity (Wildman–Crippen MR) is 45.7 cm³/mol. The SMILES string of the molecule is Cc1csc(CON)c1Br. The maximum Gasteiger partial charge on any atom is 0.103 e. The number of aryl methyl sites for hydroxylation is 1. The van der Waals surface area contributed by atoms with Gasteiger partial charge in [-0.25, -0.2) is 5.90 Å². The van der Waals surface area contributed by atoms with Crippen molar-refractivity contribution in [2.45, 2.75) is 13.5 Å². The third kappa shape index (κ3) is 1.58. The van der Waals surface area contributed by atoms with Gasteiger partial charge in [0.05, 0.1) is 0 Å². The van der Waals surface area contributed by atoms with Crippen molar-refractivity contribution in [3.05, 3.63) is 20.3 Å². The molecule has 0 unspecified atom stereocenters. The Kier molecular flexibility index (Phi) is 2.85. The van der Waals surface area contributed by atoms with Crippen LogP contribution in [0.4, 0.5) is 0 Å². The standard InChI is InChI=1S/C6H8BrNOS/c1-4-3-10-5(2-9-8)6(4)7/h3H,2,8H2,1H3. The summed E-state index contributed by atoms with van der Waals surface area (Å²) in [6, 6.07) is 0. The first kappa shape index (κ1) is 8.20. The molecule has 0 atom stereocenters. The van der Waals surface area contributed by atoms with Gasteiger partial charge in [-0.05, 0) is 33.8 Å². The van der Waals surface area contributed by atoms with Crippen LogP contribution in [0.1, 0.15) is 10.4 Å². The highest BCUT2D eigenvalue weighted by Gasteiger charge is 2.03. The van der Waals surface area contributed by atoms with Gasteiger partial charge in [0.2, 0.25) is 0 Å². The lowest BCUT2D eigenvalue weighted by Gasteiger charge is -1.94. The van der Waals surface area contributed by atoms with E-state index in [2.05, 4.69) is 26.1 Å². The van der Waals surface area contributed by atoms with Crippen molar-refractivity contribution < 1.29 is 4.84 Å². The molecule has 1 heterocycles. The van der Waals surface area contributed by atoms with Crippen molar-refractivity contribution in [2.75, 3.05) is 0 Å². The van der Waals surface area contributed by atoms with Crippen molar-refractivity contribution in [3.63, 3.8) is 0 Å². The van der Waals surface area contributed by atoms with E-state index in [1.54, 1.807) is 11.3 Å². The Bertz CT molecular complexity index is 224. The van der Waals surface area contributed by atoms with Crippen LogP contribution in [0.2, 0.25) is 0 Å². The van der Waals surface area contributed by atoms with E-state index in [4.69, 9.17) is 5.90 Å². The Hall–Kier alpha value is 0.100. The van der Waals surface area contributed by atoms with E-state index in [1.165, 1.54) is 5.56 Å². The van der Waals surface area contributed by atoms with E-state index < -0.39 is 0 Å². The summed E-state index contributed by atoms with van der Waals surface area (Å²) in [6.45, 7) is 2.53. The van der Waals surface area contributed by atoms with Crippen molar-refractivity contribution in [2.24, 2.45) is 5.90 Å². The van der Waals surface area contributed by atoms with Crippen LogP contribution >= 0.6 is 27.3 Å². The van der Waals surface area contributed by atoms with Gasteiger partial charge in [-0.15, -0.1) is 11.3 Å². The van der Waals surface area contributed by atoms with Crippen LogP contribution < -0.4 is 5.90 Å². The third-order valence-corrected chi connectivity index (χ3v) is 3.63. The largest absolute Gasteiger partial charge is 0.299 e. The Balaban J connectivity index is 2.83. The normalized spacial score (nSPS) is 10.3. The molecule has 0 bridgehead atoms. The number of thiophene rings is 1. The number of hydrogen-bond donors (Lipinski definition) is 1. The molecular formula is C6H8BrNOS. The number of rotatable bonds is 2. The van der Waals surface area contributed by atoms with Crippen LogP contribution in [-0.2, 0) is 11.4 Å². The van der Waals surface area contributed by atoms with Gasteiger partial charge in [-0.3, -0.25) is 4.84 Å². The van der Waals surface area contributed by atoms with Gasteiger partial charge in [0.25, 0.3) is 0 Å². The van der Waals surface area contributed by atoms with Gasteiger partial charge in [-0.1, -0.05) is 0 Å². The zero-order valence-corrected chi connectivity index (χ0v) is 7.96. The summed E-state index contributed by atoms with van der Waals surface area (Å²) in [7, 11) is 0. The highest BCUT2D eigenvalue weighted by atomic mass is 79.9. The molecule has 0 fully saturated rings. The van der Waals surface area contributed by atoms with E-state index >= 15 is 0 Å². The maximum absolute atomic E-state index is 4.92.